The van der Waals surface area contributed by atoms with Crippen molar-refractivity contribution in [3.05, 3.63) is 65.5 Å². The molecule has 0 saturated carbocycles. The lowest BCUT2D eigenvalue weighted by molar-refractivity contribution is 0.0976. The molecule has 4 aromatic rings. The molecule has 3 N–H and O–H groups in total. The SMILES string of the molecule is N#Cc1ccc2c(c1)c(CCCCN1CCN(c3ccc4oc(C(N)=O)cc4c3)CC1)cn2C(=O)O. The van der Waals surface area contributed by atoms with E-state index in [1.165, 1.54) is 4.57 Å². The predicted molar refractivity (Wildman–Crippen MR) is 136 cm³/mol. The number of primary amides is 1. The average molecular weight is 486 g/mol. The largest absolute Gasteiger partial charge is 0.464 e. The summed E-state index contributed by atoms with van der Waals surface area (Å²) < 4.78 is 6.71. The molecule has 1 fully saturated rings. The molecule has 184 valence electrons. The highest BCUT2D eigenvalue weighted by Crippen LogP contribution is 2.27. The minimum Gasteiger partial charge on any atom is -0.464 e. The number of nitrogens with zero attached hydrogens (tertiary/aromatic N) is 4. The van der Waals surface area contributed by atoms with E-state index in [-0.39, 0.29) is 5.76 Å². The van der Waals surface area contributed by atoms with Crippen molar-refractivity contribution in [3.8, 4) is 6.07 Å². The molecule has 0 atom stereocenters. The molecule has 3 heterocycles. The number of nitriles is 1. The Hall–Kier alpha value is -4.29. The predicted octanol–water partition coefficient (Wildman–Crippen LogP) is 4.03. The molecule has 0 spiro atoms. The van der Waals surface area contributed by atoms with Gasteiger partial charge in [-0.3, -0.25) is 14.3 Å². The Kier molecular flexibility index (Phi) is 6.36. The van der Waals surface area contributed by atoms with E-state index in [9.17, 15) is 20.0 Å². The molecule has 9 nitrogen and oxygen atoms in total. The minimum atomic E-state index is -1.02. The minimum absolute atomic E-state index is 0.171. The second-order valence-corrected chi connectivity index (χ2v) is 9.13. The zero-order valence-corrected chi connectivity index (χ0v) is 19.8. The number of piperazine rings is 1. The number of fused-ring (bicyclic) bond motifs is 2. The van der Waals surface area contributed by atoms with Crippen LogP contribution in [0.2, 0.25) is 0 Å². The van der Waals surface area contributed by atoms with Gasteiger partial charge < -0.3 is 20.2 Å². The van der Waals surface area contributed by atoms with E-state index in [2.05, 4.69) is 15.9 Å². The van der Waals surface area contributed by atoms with Crippen molar-refractivity contribution >= 4 is 39.6 Å². The highest BCUT2D eigenvalue weighted by molar-refractivity contribution is 5.95. The molecular formula is C27H27N5O4. The number of amides is 1. The Morgan fingerprint density at radius 2 is 1.86 bits per heavy atom. The van der Waals surface area contributed by atoms with Gasteiger partial charge in [-0.25, -0.2) is 4.79 Å². The van der Waals surface area contributed by atoms with Crippen molar-refractivity contribution in [3.63, 3.8) is 0 Å². The van der Waals surface area contributed by atoms with E-state index in [1.807, 2.05) is 18.2 Å². The van der Waals surface area contributed by atoms with E-state index in [0.717, 1.165) is 74.0 Å². The van der Waals surface area contributed by atoms with E-state index < -0.39 is 12.0 Å². The number of furan rings is 1. The number of carboxylic acid groups (broad SMARTS) is 1. The molecule has 0 aliphatic carbocycles. The van der Waals surface area contributed by atoms with Gasteiger partial charge in [0.1, 0.15) is 5.58 Å². The molecule has 0 unspecified atom stereocenters. The van der Waals surface area contributed by atoms with Crippen LogP contribution in [0, 0.1) is 11.3 Å². The third-order valence-corrected chi connectivity index (χ3v) is 6.87. The van der Waals surface area contributed by atoms with E-state index in [1.54, 1.807) is 30.5 Å². The maximum absolute atomic E-state index is 11.6. The molecular weight excluding hydrogens is 458 g/mol. The van der Waals surface area contributed by atoms with Crippen LogP contribution in [0.25, 0.3) is 21.9 Å². The van der Waals surface area contributed by atoms with Crippen molar-refractivity contribution in [2.75, 3.05) is 37.6 Å². The summed E-state index contributed by atoms with van der Waals surface area (Å²) in [4.78, 5) is 27.8. The fourth-order valence-electron chi connectivity index (χ4n) is 4.95. The Labute approximate surface area is 207 Å². The normalized spacial score (nSPS) is 14.4. The average Bonchev–Trinajstić information content (AvgIpc) is 3.48. The molecule has 1 aliphatic heterocycles. The summed E-state index contributed by atoms with van der Waals surface area (Å²) in [7, 11) is 0. The highest BCUT2D eigenvalue weighted by atomic mass is 16.4. The van der Waals surface area contributed by atoms with Crippen molar-refractivity contribution in [1.82, 2.24) is 9.47 Å². The zero-order chi connectivity index (χ0) is 25.2. The third kappa shape index (κ3) is 4.63. The standard InChI is InChI=1S/C27H27N5O4/c28-16-18-4-6-23-22(13-18)19(17-32(23)27(34)35)3-1-2-8-30-9-11-31(12-10-30)21-5-7-24-20(14-21)15-25(36-24)26(29)33/h4-7,13-15,17H,1-3,8-12H2,(H2,29,33)(H,34,35). The van der Waals surface area contributed by atoms with Crippen LogP contribution in [0.5, 0.6) is 0 Å². The van der Waals surface area contributed by atoms with Gasteiger partial charge in [0, 0.05) is 48.8 Å². The first kappa shape index (κ1) is 23.5. The first-order chi connectivity index (χ1) is 17.4. The molecule has 2 aromatic carbocycles. The van der Waals surface area contributed by atoms with Crippen LogP contribution >= 0.6 is 0 Å². The second kappa shape index (κ2) is 9.76. The van der Waals surface area contributed by atoms with E-state index in [4.69, 9.17) is 10.2 Å². The summed E-state index contributed by atoms with van der Waals surface area (Å²) in [5, 5.41) is 20.4. The topological polar surface area (TPSA) is 129 Å². The van der Waals surface area contributed by atoms with Gasteiger partial charge >= 0.3 is 6.09 Å². The number of aromatic nitrogens is 1. The van der Waals surface area contributed by atoms with Crippen molar-refractivity contribution < 1.29 is 19.1 Å². The lowest BCUT2D eigenvalue weighted by Crippen LogP contribution is -2.46. The number of nitrogens with two attached hydrogens (primary N) is 1. The van der Waals surface area contributed by atoms with Crippen LogP contribution < -0.4 is 10.6 Å². The zero-order valence-electron chi connectivity index (χ0n) is 19.8. The number of unbranched alkanes of at least 4 members (excludes halogenated alkanes) is 1. The molecule has 1 aliphatic rings. The van der Waals surface area contributed by atoms with Gasteiger partial charge in [-0.1, -0.05) is 0 Å². The van der Waals surface area contributed by atoms with Gasteiger partial charge in [0.15, 0.2) is 5.76 Å². The molecule has 0 bridgehead atoms. The lowest BCUT2D eigenvalue weighted by Gasteiger charge is -2.36. The Bertz CT molecular complexity index is 1490. The Balaban J connectivity index is 1.14. The summed E-state index contributed by atoms with van der Waals surface area (Å²) >= 11 is 0. The van der Waals surface area contributed by atoms with Gasteiger partial charge in [-0.05, 0) is 73.8 Å². The van der Waals surface area contributed by atoms with Gasteiger partial charge in [-0.15, -0.1) is 0 Å². The van der Waals surface area contributed by atoms with E-state index >= 15 is 0 Å². The number of anilines is 1. The van der Waals surface area contributed by atoms with Gasteiger partial charge in [-0.2, -0.15) is 5.26 Å². The summed E-state index contributed by atoms with van der Waals surface area (Å²) in [6.07, 6.45) is 3.37. The first-order valence-electron chi connectivity index (χ1n) is 12.0. The maximum atomic E-state index is 11.6. The third-order valence-electron chi connectivity index (χ3n) is 6.87. The van der Waals surface area contributed by atoms with Gasteiger partial charge in [0.2, 0.25) is 0 Å². The van der Waals surface area contributed by atoms with Crippen molar-refractivity contribution in [1.29, 1.82) is 5.26 Å². The Morgan fingerprint density at radius 3 is 2.58 bits per heavy atom. The van der Waals surface area contributed by atoms with Crippen molar-refractivity contribution in [2.45, 2.75) is 19.3 Å². The molecule has 1 saturated heterocycles. The van der Waals surface area contributed by atoms with E-state index in [0.29, 0.717) is 16.7 Å². The monoisotopic (exact) mass is 485 g/mol. The maximum Gasteiger partial charge on any atom is 0.416 e. The Morgan fingerprint density at radius 1 is 1.06 bits per heavy atom. The van der Waals surface area contributed by atoms with Crippen LogP contribution in [0.15, 0.2) is 53.1 Å². The van der Waals surface area contributed by atoms with Crippen LogP contribution in [-0.4, -0.2) is 59.3 Å². The summed E-state index contributed by atoms with van der Waals surface area (Å²) in [6.45, 7) is 4.72. The number of rotatable bonds is 7. The molecule has 36 heavy (non-hydrogen) atoms. The smallest absolute Gasteiger partial charge is 0.416 e. The highest BCUT2D eigenvalue weighted by Gasteiger charge is 2.19. The number of hydrogen-bond donors (Lipinski definition) is 2. The molecule has 2 aromatic heterocycles. The fraction of sp³-hybridized carbons (Fsp3) is 0.296. The molecule has 0 radical (unpaired) electrons. The van der Waals surface area contributed by atoms with Crippen molar-refractivity contribution in [2.24, 2.45) is 5.73 Å². The number of carbonyl (C=O) groups is 2. The number of hydrogen-bond acceptors (Lipinski definition) is 6. The molecule has 1 amide bonds. The quantitative estimate of drug-likeness (QED) is 0.378. The summed E-state index contributed by atoms with van der Waals surface area (Å²) in [6, 6.07) is 14.9. The van der Waals surface area contributed by atoms with Gasteiger partial charge in [0.25, 0.3) is 5.91 Å². The molecule has 9 heteroatoms. The van der Waals surface area contributed by atoms with Crippen LogP contribution in [0.4, 0.5) is 10.5 Å². The lowest BCUT2D eigenvalue weighted by atomic mass is 10.0. The number of aryl methyl sites for hydroxylation is 1. The van der Waals surface area contributed by atoms with Crippen LogP contribution in [0.3, 0.4) is 0 Å². The van der Waals surface area contributed by atoms with Gasteiger partial charge in [0.05, 0.1) is 17.1 Å². The summed E-state index contributed by atoms with van der Waals surface area (Å²) in [5.74, 6) is -0.397. The van der Waals surface area contributed by atoms with Crippen LogP contribution in [0.1, 0.15) is 34.5 Å². The molecule has 5 rings (SSSR count). The fourth-order valence-corrected chi connectivity index (χ4v) is 4.95. The first-order valence-corrected chi connectivity index (χ1v) is 12.0. The van der Waals surface area contributed by atoms with Crippen LogP contribution in [-0.2, 0) is 6.42 Å². The second-order valence-electron chi connectivity index (χ2n) is 9.13. The number of benzene rings is 2. The number of carbonyl (C=O) groups excluding carboxylic acids is 1. The summed E-state index contributed by atoms with van der Waals surface area (Å²) in [5.41, 5.74) is 9.19.